The second-order valence-electron chi connectivity index (χ2n) is 4.90. The fourth-order valence-electron chi connectivity index (χ4n) is 2.06. The Bertz CT molecular complexity index is 647. The number of nitrogens with one attached hydrogen (secondary N) is 1. The summed E-state index contributed by atoms with van der Waals surface area (Å²) in [5.41, 5.74) is 2.34. The molecule has 0 spiro atoms. The van der Waals surface area contributed by atoms with Gasteiger partial charge >= 0.3 is 0 Å². The molecule has 4 nitrogen and oxygen atoms in total. The van der Waals surface area contributed by atoms with Crippen molar-refractivity contribution in [2.75, 3.05) is 18.9 Å². The lowest BCUT2D eigenvalue weighted by Gasteiger charge is -2.16. The van der Waals surface area contributed by atoms with E-state index in [1.54, 1.807) is 24.3 Å². The molecule has 0 heterocycles. The minimum atomic E-state index is -0.0940. The van der Waals surface area contributed by atoms with E-state index in [0.717, 1.165) is 0 Å². The third kappa shape index (κ3) is 4.75. The average Bonchev–Trinajstić information content (AvgIpc) is 2.48. The predicted octanol–water partition coefficient (Wildman–Crippen LogP) is 2.63. The maximum absolute atomic E-state index is 12.0. The second kappa shape index (κ2) is 7.22. The minimum Gasteiger partial charge on any atom is -0.325 e. The van der Waals surface area contributed by atoms with Crippen LogP contribution in [0, 0.1) is 11.3 Å². The van der Waals surface area contributed by atoms with Crippen LogP contribution in [0.5, 0.6) is 0 Å². The normalized spacial score (nSPS) is 10.1. The van der Waals surface area contributed by atoms with Gasteiger partial charge in [-0.25, -0.2) is 0 Å². The van der Waals surface area contributed by atoms with Crippen LogP contribution in [0.25, 0.3) is 0 Å². The summed E-state index contributed by atoms with van der Waals surface area (Å²) < 4.78 is 0. The van der Waals surface area contributed by atoms with Gasteiger partial charge < -0.3 is 5.32 Å². The maximum Gasteiger partial charge on any atom is 0.238 e. The zero-order valence-electron chi connectivity index (χ0n) is 11.9. The molecule has 0 unspecified atom stereocenters. The molecular weight excluding hydrogens is 262 g/mol. The van der Waals surface area contributed by atoms with Gasteiger partial charge in [0.05, 0.1) is 18.2 Å². The van der Waals surface area contributed by atoms with Gasteiger partial charge in [0.25, 0.3) is 0 Å². The Hall–Kier alpha value is -2.64. The van der Waals surface area contributed by atoms with E-state index in [4.69, 9.17) is 5.26 Å². The molecular formula is C17H17N3O. The lowest BCUT2D eigenvalue weighted by molar-refractivity contribution is -0.117. The lowest BCUT2D eigenvalue weighted by atomic mass is 10.2. The monoisotopic (exact) mass is 279 g/mol. The third-order valence-electron chi connectivity index (χ3n) is 2.98. The molecule has 0 saturated carbocycles. The number of carbonyl (C=O) groups is 1. The molecule has 0 aliphatic carbocycles. The minimum absolute atomic E-state index is 0.0940. The Morgan fingerprint density at radius 2 is 1.95 bits per heavy atom. The highest BCUT2D eigenvalue weighted by molar-refractivity contribution is 5.92. The molecule has 2 aromatic rings. The lowest BCUT2D eigenvalue weighted by Crippen LogP contribution is -2.29. The Morgan fingerprint density at radius 3 is 2.67 bits per heavy atom. The quantitative estimate of drug-likeness (QED) is 0.915. The van der Waals surface area contributed by atoms with E-state index in [-0.39, 0.29) is 5.91 Å². The topological polar surface area (TPSA) is 56.1 Å². The number of benzene rings is 2. The smallest absolute Gasteiger partial charge is 0.238 e. The Balaban J connectivity index is 1.88. The van der Waals surface area contributed by atoms with Gasteiger partial charge in [-0.2, -0.15) is 5.26 Å². The summed E-state index contributed by atoms with van der Waals surface area (Å²) in [5.74, 6) is -0.0940. The molecule has 1 N–H and O–H groups in total. The number of rotatable bonds is 5. The van der Waals surface area contributed by atoms with Crippen molar-refractivity contribution in [1.29, 1.82) is 5.26 Å². The zero-order chi connectivity index (χ0) is 15.1. The van der Waals surface area contributed by atoms with E-state index in [9.17, 15) is 4.79 Å². The Morgan fingerprint density at radius 1 is 1.19 bits per heavy atom. The molecule has 0 aliphatic heterocycles. The van der Waals surface area contributed by atoms with Crippen molar-refractivity contribution < 1.29 is 4.79 Å². The van der Waals surface area contributed by atoms with Gasteiger partial charge in [0, 0.05) is 12.2 Å². The molecule has 2 aromatic carbocycles. The first-order valence-corrected chi connectivity index (χ1v) is 6.70. The van der Waals surface area contributed by atoms with Crippen molar-refractivity contribution >= 4 is 11.6 Å². The van der Waals surface area contributed by atoms with Crippen LogP contribution < -0.4 is 5.32 Å². The molecule has 0 saturated heterocycles. The molecule has 1 amide bonds. The van der Waals surface area contributed by atoms with E-state index < -0.39 is 0 Å². The average molecular weight is 279 g/mol. The Kier molecular flexibility index (Phi) is 5.08. The van der Waals surface area contributed by atoms with Crippen molar-refractivity contribution in [2.24, 2.45) is 0 Å². The van der Waals surface area contributed by atoms with Crippen molar-refractivity contribution in [1.82, 2.24) is 4.90 Å². The van der Waals surface area contributed by atoms with Gasteiger partial charge in [0.15, 0.2) is 0 Å². The van der Waals surface area contributed by atoms with Gasteiger partial charge in [-0.3, -0.25) is 9.69 Å². The van der Waals surface area contributed by atoms with E-state index in [0.29, 0.717) is 24.3 Å². The number of nitriles is 1. The second-order valence-corrected chi connectivity index (χ2v) is 4.90. The number of anilines is 1. The van der Waals surface area contributed by atoms with Crippen LogP contribution in [0.2, 0.25) is 0 Å². The van der Waals surface area contributed by atoms with Crippen LogP contribution in [0.15, 0.2) is 54.6 Å². The third-order valence-corrected chi connectivity index (χ3v) is 2.98. The van der Waals surface area contributed by atoms with Crippen molar-refractivity contribution in [2.45, 2.75) is 6.54 Å². The van der Waals surface area contributed by atoms with Crippen molar-refractivity contribution in [3.63, 3.8) is 0 Å². The fourth-order valence-corrected chi connectivity index (χ4v) is 2.06. The van der Waals surface area contributed by atoms with E-state index in [2.05, 4.69) is 11.4 Å². The fraction of sp³-hybridized carbons (Fsp3) is 0.176. The summed E-state index contributed by atoms with van der Waals surface area (Å²) in [6.45, 7) is 1.01. The standard InChI is InChI=1S/C17H17N3O/c1-20(12-14-6-3-2-4-7-14)13-17(21)19-16-9-5-8-15(10-16)11-18/h2-10H,12-13H2,1H3,(H,19,21). The van der Waals surface area contributed by atoms with Gasteiger partial charge in [-0.15, -0.1) is 0 Å². The molecule has 0 aromatic heterocycles. The summed E-state index contributed by atoms with van der Waals surface area (Å²) >= 11 is 0. The number of carbonyl (C=O) groups excluding carboxylic acids is 1. The SMILES string of the molecule is CN(CC(=O)Nc1cccc(C#N)c1)Cc1ccccc1. The molecule has 0 bridgehead atoms. The zero-order valence-corrected chi connectivity index (χ0v) is 11.9. The highest BCUT2D eigenvalue weighted by atomic mass is 16.2. The number of likely N-dealkylation sites (N-methyl/N-ethyl adjacent to an activating group) is 1. The number of amides is 1. The highest BCUT2D eigenvalue weighted by Crippen LogP contribution is 2.10. The van der Waals surface area contributed by atoms with E-state index in [1.807, 2.05) is 42.3 Å². The summed E-state index contributed by atoms with van der Waals surface area (Å²) in [6.07, 6.45) is 0. The molecule has 106 valence electrons. The molecule has 0 atom stereocenters. The first-order chi connectivity index (χ1) is 10.2. The van der Waals surface area contributed by atoms with Gasteiger partial charge in [-0.05, 0) is 30.8 Å². The summed E-state index contributed by atoms with van der Waals surface area (Å²) in [4.78, 5) is 13.9. The first-order valence-electron chi connectivity index (χ1n) is 6.70. The van der Waals surface area contributed by atoms with Crippen LogP contribution in [-0.4, -0.2) is 24.4 Å². The maximum atomic E-state index is 12.0. The number of hydrogen-bond acceptors (Lipinski definition) is 3. The van der Waals surface area contributed by atoms with E-state index in [1.165, 1.54) is 5.56 Å². The number of hydrogen-bond donors (Lipinski definition) is 1. The van der Waals surface area contributed by atoms with Gasteiger partial charge in [0.2, 0.25) is 5.91 Å². The van der Waals surface area contributed by atoms with E-state index >= 15 is 0 Å². The highest BCUT2D eigenvalue weighted by Gasteiger charge is 2.07. The van der Waals surface area contributed by atoms with Gasteiger partial charge in [0.1, 0.15) is 0 Å². The molecule has 0 fully saturated rings. The molecule has 2 rings (SSSR count). The van der Waals surface area contributed by atoms with Crippen LogP contribution in [0.4, 0.5) is 5.69 Å². The number of nitrogens with zero attached hydrogens (tertiary/aromatic N) is 2. The summed E-state index contributed by atoms with van der Waals surface area (Å²) in [6, 6.07) is 18.9. The predicted molar refractivity (Wildman–Crippen MR) is 82.6 cm³/mol. The summed E-state index contributed by atoms with van der Waals surface area (Å²) in [7, 11) is 1.90. The largest absolute Gasteiger partial charge is 0.325 e. The first kappa shape index (κ1) is 14.8. The van der Waals surface area contributed by atoms with Crippen LogP contribution in [-0.2, 0) is 11.3 Å². The molecule has 21 heavy (non-hydrogen) atoms. The van der Waals surface area contributed by atoms with Crippen LogP contribution >= 0.6 is 0 Å². The van der Waals surface area contributed by atoms with Crippen LogP contribution in [0.1, 0.15) is 11.1 Å². The molecule has 4 heteroatoms. The van der Waals surface area contributed by atoms with Crippen molar-refractivity contribution in [3.05, 3.63) is 65.7 Å². The molecule has 0 radical (unpaired) electrons. The van der Waals surface area contributed by atoms with Crippen molar-refractivity contribution in [3.8, 4) is 6.07 Å². The van der Waals surface area contributed by atoms with Gasteiger partial charge in [-0.1, -0.05) is 36.4 Å². The molecule has 0 aliphatic rings. The summed E-state index contributed by atoms with van der Waals surface area (Å²) in [5, 5.41) is 11.6. The Labute approximate surface area is 124 Å². The van der Waals surface area contributed by atoms with Crippen LogP contribution in [0.3, 0.4) is 0 Å².